The van der Waals surface area contributed by atoms with Gasteiger partial charge in [-0.25, -0.2) is 4.79 Å². The highest BCUT2D eigenvalue weighted by atomic mass is 16.5. The van der Waals surface area contributed by atoms with Crippen molar-refractivity contribution < 1.29 is 19.1 Å². The molecule has 2 heterocycles. The molecule has 0 saturated carbocycles. The lowest BCUT2D eigenvalue weighted by Gasteiger charge is -2.24. The SMILES string of the molecule is Cn1c(=O)oc2ccc(-c3ccc(C[C@@H](C#N)NC(=O)[C@@H]4CNC[C@@H](O)CCO4)cc3)cc21. The smallest absolute Gasteiger partial charge is 0.408 e. The number of fused-ring (bicyclic) bond motifs is 1. The highest BCUT2D eigenvalue weighted by Gasteiger charge is 2.24. The standard InChI is InChI=1S/C24H26N4O5/c1-28-20-11-17(6-7-21(20)33-24(28)31)16-4-2-15(3-5-16)10-18(12-25)27-23(30)22-14-26-13-19(29)8-9-32-22/h2-7,11,18-19,22,26,29H,8-10,13-14H2,1H3,(H,27,30)/t18-,19-,22-/m0/s1. The van der Waals surface area contributed by atoms with Gasteiger partial charge in [-0.05, 0) is 35.2 Å². The summed E-state index contributed by atoms with van der Waals surface area (Å²) in [5.41, 5.74) is 4.06. The number of rotatable bonds is 5. The maximum Gasteiger partial charge on any atom is 0.419 e. The maximum atomic E-state index is 12.6. The first-order chi connectivity index (χ1) is 15.9. The Labute approximate surface area is 190 Å². The fourth-order valence-corrected chi connectivity index (χ4v) is 3.83. The van der Waals surface area contributed by atoms with E-state index < -0.39 is 24.0 Å². The van der Waals surface area contributed by atoms with Crippen molar-refractivity contribution in [2.75, 3.05) is 19.7 Å². The zero-order valence-electron chi connectivity index (χ0n) is 18.3. The number of ether oxygens (including phenoxy) is 1. The predicted molar refractivity (Wildman–Crippen MR) is 121 cm³/mol. The largest absolute Gasteiger partial charge is 0.419 e. The first-order valence-corrected chi connectivity index (χ1v) is 10.8. The van der Waals surface area contributed by atoms with Gasteiger partial charge in [-0.2, -0.15) is 5.26 Å². The lowest BCUT2D eigenvalue weighted by molar-refractivity contribution is -0.134. The molecule has 33 heavy (non-hydrogen) atoms. The summed E-state index contributed by atoms with van der Waals surface area (Å²) >= 11 is 0. The molecule has 0 radical (unpaired) electrons. The Morgan fingerprint density at radius 2 is 2.03 bits per heavy atom. The summed E-state index contributed by atoms with van der Waals surface area (Å²) in [4.78, 5) is 24.3. The summed E-state index contributed by atoms with van der Waals surface area (Å²) in [6, 6.07) is 14.7. The van der Waals surface area contributed by atoms with Gasteiger partial charge in [-0.1, -0.05) is 30.3 Å². The second kappa shape index (κ2) is 10.0. The second-order valence-corrected chi connectivity index (χ2v) is 8.16. The molecule has 0 unspecified atom stereocenters. The van der Waals surface area contributed by atoms with Gasteiger partial charge >= 0.3 is 5.76 Å². The van der Waals surface area contributed by atoms with E-state index in [-0.39, 0.29) is 12.5 Å². The van der Waals surface area contributed by atoms with Crippen LogP contribution in [0.3, 0.4) is 0 Å². The van der Waals surface area contributed by atoms with Crippen LogP contribution in [-0.4, -0.2) is 53.5 Å². The molecule has 1 aliphatic heterocycles. The van der Waals surface area contributed by atoms with Crippen molar-refractivity contribution >= 4 is 17.0 Å². The van der Waals surface area contributed by atoms with Crippen LogP contribution < -0.4 is 16.4 Å². The van der Waals surface area contributed by atoms with Crippen LogP contribution in [0.25, 0.3) is 22.2 Å². The minimum absolute atomic E-state index is 0.280. The van der Waals surface area contributed by atoms with Crippen LogP contribution in [0, 0.1) is 11.3 Å². The summed E-state index contributed by atoms with van der Waals surface area (Å²) in [5, 5.41) is 24.9. The van der Waals surface area contributed by atoms with Crippen molar-refractivity contribution in [1.82, 2.24) is 15.2 Å². The van der Waals surface area contributed by atoms with Crippen LogP contribution in [0.2, 0.25) is 0 Å². The Morgan fingerprint density at radius 3 is 2.79 bits per heavy atom. The molecular formula is C24H26N4O5. The first kappa shape index (κ1) is 22.7. The van der Waals surface area contributed by atoms with E-state index in [2.05, 4.69) is 16.7 Å². The minimum atomic E-state index is -0.704. The van der Waals surface area contributed by atoms with Crippen LogP contribution in [0.15, 0.2) is 51.7 Å². The molecule has 1 amide bonds. The highest BCUT2D eigenvalue weighted by molar-refractivity contribution is 5.82. The zero-order valence-corrected chi connectivity index (χ0v) is 18.3. The number of hydrogen-bond donors (Lipinski definition) is 3. The van der Waals surface area contributed by atoms with Crippen molar-refractivity contribution in [1.29, 1.82) is 5.26 Å². The third-order valence-electron chi connectivity index (χ3n) is 5.76. The van der Waals surface area contributed by atoms with Crippen LogP contribution >= 0.6 is 0 Å². The molecule has 3 aromatic rings. The second-order valence-electron chi connectivity index (χ2n) is 8.16. The molecule has 1 saturated heterocycles. The number of hydrogen-bond acceptors (Lipinski definition) is 7. The summed E-state index contributed by atoms with van der Waals surface area (Å²) < 4.78 is 12.2. The van der Waals surface area contributed by atoms with E-state index in [9.17, 15) is 20.0 Å². The van der Waals surface area contributed by atoms with Crippen LogP contribution in [0.1, 0.15) is 12.0 Å². The van der Waals surface area contributed by atoms with Gasteiger partial charge in [0, 0.05) is 26.6 Å². The molecule has 9 nitrogen and oxygen atoms in total. The van der Waals surface area contributed by atoms with E-state index in [4.69, 9.17) is 9.15 Å². The Bertz CT molecular complexity index is 1210. The highest BCUT2D eigenvalue weighted by Crippen LogP contribution is 2.24. The molecule has 1 fully saturated rings. The lowest BCUT2D eigenvalue weighted by Crippen LogP contribution is -2.49. The number of β-amino-alcohol motifs (C(OH)–C–C–N with tert-alkyl or cyclic N) is 1. The predicted octanol–water partition coefficient (Wildman–Crippen LogP) is 1.09. The normalized spacial score (nSPS) is 19.9. The van der Waals surface area contributed by atoms with Gasteiger partial charge in [0.1, 0.15) is 12.1 Å². The monoisotopic (exact) mass is 450 g/mol. The third kappa shape index (κ3) is 5.31. The lowest BCUT2D eigenvalue weighted by atomic mass is 10.0. The fourth-order valence-electron chi connectivity index (χ4n) is 3.83. The van der Waals surface area contributed by atoms with Gasteiger partial charge in [0.05, 0.1) is 24.3 Å². The number of nitriles is 1. The Kier molecular flexibility index (Phi) is 6.89. The molecule has 2 aromatic carbocycles. The van der Waals surface area contributed by atoms with Crippen LogP contribution in [0.5, 0.6) is 0 Å². The van der Waals surface area contributed by atoms with E-state index in [1.165, 1.54) is 4.57 Å². The fraction of sp³-hybridized carbons (Fsp3) is 0.375. The summed E-state index contributed by atoms with van der Waals surface area (Å²) in [6.45, 7) is 0.978. The molecule has 0 bridgehead atoms. The first-order valence-electron chi connectivity index (χ1n) is 10.8. The van der Waals surface area contributed by atoms with Crippen molar-refractivity contribution in [2.24, 2.45) is 7.05 Å². The number of aliphatic hydroxyl groups is 1. The van der Waals surface area contributed by atoms with Gasteiger partial charge in [-0.3, -0.25) is 9.36 Å². The number of aryl methyl sites for hydroxylation is 1. The van der Waals surface area contributed by atoms with Gasteiger partial charge in [0.15, 0.2) is 5.58 Å². The number of carbonyl (C=O) groups is 1. The van der Waals surface area contributed by atoms with Crippen molar-refractivity contribution in [3.63, 3.8) is 0 Å². The van der Waals surface area contributed by atoms with Crippen molar-refractivity contribution in [3.05, 3.63) is 58.6 Å². The molecule has 1 aromatic heterocycles. The summed E-state index contributed by atoms with van der Waals surface area (Å²) in [6.07, 6.45) is -0.382. The van der Waals surface area contributed by atoms with Gasteiger partial charge < -0.3 is 24.9 Å². The van der Waals surface area contributed by atoms with Gasteiger partial charge in [0.25, 0.3) is 5.91 Å². The molecule has 172 valence electrons. The van der Waals surface area contributed by atoms with Gasteiger partial charge in [-0.15, -0.1) is 0 Å². The third-order valence-corrected chi connectivity index (χ3v) is 5.76. The number of oxazole rings is 1. The molecule has 3 N–H and O–H groups in total. The molecule has 1 aliphatic rings. The maximum absolute atomic E-state index is 12.6. The number of amides is 1. The van der Waals surface area contributed by atoms with E-state index in [1.54, 1.807) is 13.1 Å². The molecular weight excluding hydrogens is 424 g/mol. The van der Waals surface area contributed by atoms with E-state index in [1.807, 2.05) is 36.4 Å². The van der Waals surface area contributed by atoms with E-state index >= 15 is 0 Å². The van der Waals surface area contributed by atoms with Crippen LogP contribution in [-0.2, 0) is 23.0 Å². The molecule has 9 heteroatoms. The Morgan fingerprint density at radius 1 is 1.27 bits per heavy atom. The minimum Gasteiger partial charge on any atom is -0.408 e. The quantitative estimate of drug-likeness (QED) is 0.531. The topological polar surface area (TPSA) is 130 Å². The van der Waals surface area contributed by atoms with Crippen LogP contribution in [0.4, 0.5) is 0 Å². The molecule has 0 spiro atoms. The van der Waals surface area contributed by atoms with E-state index in [0.29, 0.717) is 37.1 Å². The number of carbonyl (C=O) groups excluding carboxylic acids is 1. The Hall–Kier alpha value is -3.45. The number of aromatic nitrogens is 1. The van der Waals surface area contributed by atoms with E-state index in [0.717, 1.165) is 16.7 Å². The zero-order chi connectivity index (χ0) is 23.4. The molecule has 0 aliphatic carbocycles. The number of aliphatic hydroxyl groups excluding tert-OH is 1. The Balaban J connectivity index is 1.40. The van der Waals surface area contributed by atoms with Crippen molar-refractivity contribution in [3.8, 4) is 17.2 Å². The average molecular weight is 450 g/mol. The summed E-state index contributed by atoms with van der Waals surface area (Å²) in [5.74, 6) is -0.749. The van der Waals surface area contributed by atoms with Crippen molar-refractivity contribution in [2.45, 2.75) is 31.1 Å². The summed E-state index contributed by atoms with van der Waals surface area (Å²) in [7, 11) is 1.67. The van der Waals surface area contributed by atoms with Gasteiger partial charge in [0.2, 0.25) is 0 Å². The average Bonchev–Trinajstić information content (AvgIpc) is 3.09. The number of nitrogens with zero attached hydrogens (tertiary/aromatic N) is 2. The molecule has 4 rings (SSSR count). The molecule has 3 atom stereocenters. The number of benzene rings is 2. The number of nitrogens with one attached hydrogen (secondary N) is 2.